The molecular weight excluding hydrogens is 450 g/mol. The zero-order valence-electron chi connectivity index (χ0n) is 20.2. The minimum Gasteiger partial charge on any atom is -0.384 e. The van der Waals surface area contributed by atoms with Crippen molar-refractivity contribution in [3.8, 4) is 0 Å². The van der Waals surface area contributed by atoms with Crippen molar-refractivity contribution in [2.75, 3.05) is 5.73 Å². The predicted molar refractivity (Wildman–Crippen MR) is 139 cm³/mol. The first-order valence-electron chi connectivity index (χ1n) is 11.9. The van der Waals surface area contributed by atoms with E-state index in [1.54, 1.807) is 30.3 Å². The Hall–Kier alpha value is -4.29. The maximum atomic E-state index is 13.0. The van der Waals surface area contributed by atoms with E-state index in [0.29, 0.717) is 35.5 Å². The summed E-state index contributed by atoms with van der Waals surface area (Å²) >= 11 is 0. The fraction of sp³-hybridized carbons (Fsp3) is 0.167. The molecule has 0 bridgehead atoms. The monoisotopic (exact) mass is 477 g/mol. The van der Waals surface area contributed by atoms with Gasteiger partial charge in [-0.05, 0) is 77.9 Å². The highest BCUT2D eigenvalue weighted by Crippen LogP contribution is 2.36. The molecule has 0 saturated heterocycles. The molecule has 1 amide bonds. The number of ketones is 1. The van der Waals surface area contributed by atoms with Gasteiger partial charge < -0.3 is 16.2 Å². The van der Waals surface area contributed by atoms with Crippen LogP contribution in [0.3, 0.4) is 0 Å². The van der Waals surface area contributed by atoms with Gasteiger partial charge in [-0.15, -0.1) is 0 Å². The van der Waals surface area contributed by atoms with Crippen LogP contribution < -0.4 is 11.1 Å². The number of pyridine rings is 1. The Morgan fingerprint density at radius 1 is 0.917 bits per heavy atom. The normalized spacial score (nSPS) is 14.0. The molecule has 36 heavy (non-hydrogen) atoms. The number of hydrogen-bond donors (Lipinski definition) is 3. The zero-order valence-corrected chi connectivity index (χ0v) is 20.2. The number of amides is 1. The number of nitrogens with zero attached hydrogens (tertiary/aromatic N) is 1. The third kappa shape index (κ3) is 4.39. The van der Waals surface area contributed by atoms with Gasteiger partial charge in [0.25, 0.3) is 5.91 Å². The molecule has 1 aromatic heterocycles. The number of carbonyl (C=O) groups is 2. The summed E-state index contributed by atoms with van der Waals surface area (Å²) in [6.07, 6.45) is -0.285. The first kappa shape index (κ1) is 23.5. The number of aliphatic hydroxyl groups is 1. The van der Waals surface area contributed by atoms with E-state index in [1.807, 2.05) is 56.3 Å². The fourth-order valence-electron chi connectivity index (χ4n) is 4.89. The molecule has 0 radical (unpaired) electrons. The van der Waals surface area contributed by atoms with Crippen LogP contribution >= 0.6 is 0 Å². The van der Waals surface area contributed by atoms with Gasteiger partial charge >= 0.3 is 0 Å². The van der Waals surface area contributed by atoms with Crippen molar-refractivity contribution in [2.45, 2.75) is 32.9 Å². The molecule has 0 aliphatic heterocycles. The summed E-state index contributed by atoms with van der Waals surface area (Å²) in [5, 5.41) is 14.0. The van der Waals surface area contributed by atoms with E-state index in [9.17, 15) is 14.7 Å². The number of nitrogen functional groups attached to an aromatic ring is 1. The molecule has 0 saturated carbocycles. The molecule has 6 nitrogen and oxygen atoms in total. The lowest BCUT2D eigenvalue weighted by molar-refractivity contribution is 0.0950. The van der Waals surface area contributed by atoms with Crippen LogP contribution in [-0.2, 0) is 13.0 Å². The van der Waals surface area contributed by atoms with E-state index >= 15 is 0 Å². The lowest BCUT2D eigenvalue weighted by Gasteiger charge is -2.26. The fourth-order valence-corrected chi connectivity index (χ4v) is 4.89. The third-order valence-corrected chi connectivity index (χ3v) is 6.82. The molecule has 3 aromatic carbocycles. The number of nitrogens with one attached hydrogen (secondary N) is 1. The van der Waals surface area contributed by atoms with Gasteiger partial charge in [-0.2, -0.15) is 0 Å². The van der Waals surface area contributed by atoms with E-state index < -0.39 is 6.10 Å². The number of hydrogen-bond acceptors (Lipinski definition) is 5. The van der Waals surface area contributed by atoms with Crippen LogP contribution in [0.5, 0.6) is 0 Å². The average molecular weight is 478 g/mol. The van der Waals surface area contributed by atoms with Crippen molar-refractivity contribution < 1.29 is 14.7 Å². The number of anilines is 1. The van der Waals surface area contributed by atoms with Crippen LogP contribution in [-0.4, -0.2) is 21.8 Å². The SMILES string of the molecule is Cc1cc(N)nc(C)c1CNC(=O)c1ccc2c(c1)Cc1cc(C(=O)c3ccccc3)ccc1[C@@H]2O. The molecule has 0 unspecified atom stereocenters. The molecule has 1 aliphatic carbocycles. The predicted octanol–water partition coefficient (Wildman–Crippen LogP) is 4.43. The van der Waals surface area contributed by atoms with E-state index in [2.05, 4.69) is 10.3 Å². The summed E-state index contributed by atoms with van der Waals surface area (Å²) in [6, 6.07) is 21.7. The second-order valence-corrected chi connectivity index (χ2v) is 9.21. The standard InChI is InChI=1S/C30H27N3O3/c1-17-12-27(31)33-18(2)26(17)16-32-30(36)21-9-11-25-23(14-21)15-22-13-20(8-10-24(22)29(25)35)28(34)19-6-4-3-5-7-19/h3-14,29,35H,15-16H2,1-2H3,(H2,31,33)(H,32,36)/t29-/m0/s1. The smallest absolute Gasteiger partial charge is 0.251 e. The summed E-state index contributed by atoms with van der Waals surface area (Å²) in [6.45, 7) is 4.16. The Bertz CT molecular complexity index is 1470. The first-order chi connectivity index (χ1) is 17.3. The number of fused-ring (bicyclic) bond motifs is 2. The van der Waals surface area contributed by atoms with Gasteiger partial charge in [0.05, 0.1) is 0 Å². The number of aryl methyl sites for hydroxylation is 2. The Balaban J connectivity index is 1.37. The van der Waals surface area contributed by atoms with Crippen LogP contribution in [0.2, 0.25) is 0 Å². The van der Waals surface area contributed by atoms with E-state index in [1.165, 1.54) is 0 Å². The highest BCUT2D eigenvalue weighted by Gasteiger charge is 2.26. The van der Waals surface area contributed by atoms with Crippen LogP contribution in [0.15, 0.2) is 72.8 Å². The number of carbonyl (C=O) groups excluding carboxylic acids is 2. The number of aliphatic hydroxyl groups excluding tert-OH is 1. The second kappa shape index (κ2) is 9.40. The second-order valence-electron chi connectivity index (χ2n) is 9.21. The van der Waals surface area contributed by atoms with Crippen molar-refractivity contribution >= 4 is 17.5 Å². The summed E-state index contributed by atoms with van der Waals surface area (Å²) in [5.74, 6) is 0.193. The number of benzene rings is 3. The molecule has 180 valence electrons. The highest BCUT2D eigenvalue weighted by molar-refractivity contribution is 6.09. The maximum Gasteiger partial charge on any atom is 0.251 e. The van der Waals surface area contributed by atoms with Crippen LogP contribution in [0.1, 0.15) is 71.5 Å². The van der Waals surface area contributed by atoms with Gasteiger partial charge in [-0.3, -0.25) is 9.59 Å². The molecular formula is C30H27N3O3. The van der Waals surface area contributed by atoms with Gasteiger partial charge in [0.2, 0.25) is 0 Å². The maximum absolute atomic E-state index is 13.0. The van der Waals surface area contributed by atoms with Gasteiger partial charge in [0.15, 0.2) is 5.78 Å². The molecule has 0 spiro atoms. The summed E-state index contributed by atoms with van der Waals surface area (Å²) in [7, 11) is 0. The molecule has 1 atom stereocenters. The third-order valence-electron chi connectivity index (χ3n) is 6.82. The number of rotatable bonds is 5. The van der Waals surface area contributed by atoms with Gasteiger partial charge in [-0.25, -0.2) is 4.98 Å². The lowest BCUT2D eigenvalue weighted by atomic mass is 9.82. The van der Waals surface area contributed by atoms with E-state index in [-0.39, 0.29) is 11.7 Å². The van der Waals surface area contributed by atoms with E-state index in [0.717, 1.165) is 39.1 Å². The number of aromatic nitrogens is 1. The Kier molecular flexibility index (Phi) is 6.12. The van der Waals surface area contributed by atoms with Crippen molar-refractivity contribution in [3.05, 3.63) is 129 Å². The van der Waals surface area contributed by atoms with Crippen molar-refractivity contribution in [1.29, 1.82) is 0 Å². The topological polar surface area (TPSA) is 105 Å². The lowest BCUT2D eigenvalue weighted by Crippen LogP contribution is -2.25. The van der Waals surface area contributed by atoms with Crippen molar-refractivity contribution in [1.82, 2.24) is 10.3 Å². The van der Waals surface area contributed by atoms with Crippen LogP contribution in [0, 0.1) is 13.8 Å². The molecule has 4 aromatic rings. The average Bonchev–Trinajstić information content (AvgIpc) is 2.87. The minimum absolute atomic E-state index is 0.0606. The number of nitrogens with two attached hydrogens (primary N) is 1. The quantitative estimate of drug-likeness (QED) is 0.369. The van der Waals surface area contributed by atoms with Gasteiger partial charge in [-0.1, -0.05) is 48.5 Å². The molecule has 4 N–H and O–H groups in total. The summed E-state index contributed by atoms with van der Waals surface area (Å²) < 4.78 is 0. The van der Waals surface area contributed by atoms with Gasteiger partial charge in [0, 0.05) is 28.9 Å². The molecule has 6 heteroatoms. The zero-order chi connectivity index (χ0) is 25.4. The largest absolute Gasteiger partial charge is 0.384 e. The Labute approximate surface area is 209 Å². The first-order valence-corrected chi connectivity index (χ1v) is 11.9. The van der Waals surface area contributed by atoms with Crippen LogP contribution in [0.25, 0.3) is 0 Å². The minimum atomic E-state index is -0.812. The van der Waals surface area contributed by atoms with Gasteiger partial charge in [0.1, 0.15) is 11.9 Å². The van der Waals surface area contributed by atoms with Crippen LogP contribution in [0.4, 0.5) is 5.82 Å². The summed E-state index contributed by atoms with van der Waals surface area (Å²) in [4.78, 5) is 30.2. The molecule has 0 fully saturated rings. The summed E-state index contributed by atoms with van der Waals surface area (Å²) in [5.41, 5.74) is 13.5. The Morgan fingerprint density at radius 2 is 1.56 bits per heavy atom. The highest BCUT2D eigenvalue weighted by atomic mass is 16.3. The molecule has 5 rings (SSSR count). The molecule has 1 heterocycles. The van der Waals surface area contributed by atoms with Crippen molar-refractivity contribution in [3.63, 3.8) is 0 Å². The van der Waals surface area contributed by atoms with Crippen molar-refractivity contribution in [2.24, 2.45) is 0 Å². The Morgan fingerprint density at radius 3 is 2.22 bits per heavy atom. The van der Waals surface area contributed by atoms with E-state index in [4.69, 9.17) is 5.73 Å². The molecule has 1 aliphatic rings.